The second kappa shape index (κ2) is 13.6. The van der Waals surface area contributed by atoms with Gasteiger partial charge in [-0.15, -0.1) is 0 Å². The molecule has 3 aromatic carbocycles. The number of hydrogen-bond donors (Lipinski definition) is 2. The van der Waals surface area contributed by atoms with Gasteiger partial charge in [-0.3, -0.25) is 14.6 Å². The lowest BCUT2D eigenvalue weighted by Gasteiger charge is -2.15. The summed E-state index contributed by atoms with van der Waals surface area (Å²) in [7, 11) is 1.67. The fraction of sp³-hybridized carbons (Fsp3) is 0.132. The first-order valence-electron chi connectivity index (χ1n) is 15.4. The lowest BCUT2D eigenvalue weighted by atomic mass is 9.99. The monoisotopic (exact) mass is 622 g/mol. The minimum atomic E-state index is -0.163. The average molecular weight is 623 g/mol. The highest BCUT2D eigenvalue weighted by molar-refractivity contribution is 5.96. The van der Waals surface area contributed by atoms with Gasteiger partial charge in [-0.1, -0.05) is 48.5 Å². The second-order valence-electron chi connectivity index (χ2n) is 11.3. The number of nitrogens with zero attached hydrogens (tertiary/aromatic N) is 4. The summed E-state index contributed by atoms with van der Waals surface area (Å²) < 4.78 is 19.0. The normalized spacial score (nSPS) is 11.8. The highest BCUT2D eigenvalue weighted by atomic mass is 16.5. The summed E-state index contributed by atoms with van der Waals surface area (Å²) in [5, 5.41) is 9.47. The van der Waals surface area contributed by atoms with Crippen LogP contribution in [-0.2, 0) is 13.0 Å². The van der Waals surface area contributed by atoms with Gasteiger partial charge in [-0.2, -0.15) is 5.10 Å². The SMILES string of the molecule is COc1ccc(Cn2nc(Nc3ccncc3)c3cc(-c4cc(OC[C@H](N)Cc5ccccc5)cnc4-c4ccoc4)ccc32)cc1. The van der Waals surface area contributed by atoms with E-state index in [1.165, 1.54) is 5.56 Å². The van der Waals surface area contributed by atoms with E-state index >= 15 is 0 Å². The molecule has 4 heterocycles. The van der Waals surface area contributed by atoms with E-state index in [1.807, 2.05) is 59.3 Å². The van der Waals surface area contributed by atoms with Crippen LogP contribution in [0.15, 0.2) is 133 Å². The molecule has 0 saturated carbocycles. The molecule has 9 heteroatoms. The van der Waals surface area contributed by atoms with Crippen molar-refractivity contribution in [1.29, 1.82) is 0 Å². The van der Waals surface area contributed by atoms with E-state index in [4.69, 9.17) is 29.7 Å². The number of methoxy groups -OCH3 is 1. The van der Waals surface area contributed by atoms with Crippen molar-refractivity contribution in [3.8, 4) is 33.9 Å². The van der Waals surface area contributed by atoms with Crippen LogP contribution in [0.1, 0.15) is 11.1 Å². The van der Waals surface area contributed by atoms with E-state index in [9.17, 15) is 0 Å². The number of pyridine rings is 2. The van der Waals surface area contributed by atoms with Crippen molar-refractivity contribution in [3.05, 3.63) is 139 Å². The Bertz CT molecular complexity index is 2060. The molecule has 7 aromatic rings. The summed E-state index contributed by atoms with van der Waals surface area (Å²) in [5.74, 6) is 2.19. The quantitative estimate of drug-likeness (QED) is 0.144. The van der Waals surface area contributed by atoms with E-state index in [2.05, 4.69) is 52.8 Å². The van der Waals surface area contributed by atoms with Crippen molar-refractivity contribution in [1.82, 2.24) is 19.7 Å². The maximum absolute atomic E-state index is 6.44. The fourth-order valence-electron chi connectivity index (χ4n) is 5.59. The zero-order valence-electron chi connectivity index (χ0n) is 25.9. The van der Waals surface area contributed by atoms with Crippen molar-refractivity contribution in [2.24, 2.45) is 5.73 Å². The zero-order valence-corrected chi connectivity index (χ0v) is 25.9. The number of aromatic nitrogens is 4. The maximum Gasteiger partial charge on any atom is 0.160 e. The molecule has 234 valence electrons. The minimum absolute atomic E-state index is 0.163. The molecule has 7 rings (SSSR count). The van der Waals surface area contributed by atoms with E-state index < -0.39 is 0 Å². The molecule has 3 N–H and O–H groups in total. The molecule has 0 aliphatic heterocycles. The maximum atomic E-state index is 6.44. The van der Waals surface area contributed by atoms with Crippen molar-refractivity contribution in [2.75, 3.05) is 19.0 Å². The molecule has 0 saturated heterocycles. The molecule has 0 radical (unpaired) electrons. The van der Waals surface area contributed by atoms with Gasteiger partial charge in [0.15, 0.2) is 5.82 Å². The van der Waals surface area contributed by atoms with E-state index in [0.29, 0.717) is 18.9 Å². The summed E-state index contributed by atoms with van der Waals surface area (Å²) in [6.45, 7) is 0.949. The van der Waals surface area contributed by atoms with Crippen LogP contribution in [0.5, 0.6) is 11.5 Å². The number of rotatable bonds is 12. The lowest BCUT2D eigenvalue weighted by Crippen LogP contribution is -2.30. The molecule has 0 spiro atoms. The fourth-order valence-corrected chi connectivity index (χ4v) is 5.59. The lowest BCUT2D eigenvalue weighted by molar-refractivity contribution is 0.287. The number of furan rings is 1. The molecular weight excluding hydrogens is 588 g/mol. The molecule has 0 amide bonds. The predicted molar refractivity (Wildman–Crippen MR) is 184 cm³/mol. The van der Waals surface area contributed by atoms with Crippen LogP contribution in [0.4, 0.5) is 11.5 Å². The predicted octanol–water partition coefficient (Wildman–Crippen LogP) is 7.50. The average Bonchev–Trinajstić information content (AvgIpc) is 3.77. The number of fused-ring (bicyclic) bond motifs is 1. The van der Waals surface area contributed by atoms with Crippen LogP contribution in [0.2, 0.25) is 0 Å². The van der Waals surface area contributed by atoms with Crippen molar-refractivity contribution in [3.63, 3.8) is 0 Å². The smallest absolute Gasteiger partial charge is 0.160 e. The highest BCUT2D eigenvalue weighted by Crippen LogP contribution is 2.37. The number of benzene rings is 3. The largest absolute Gasteiger partial charge is 0.497 e. The first-order chi connectivity index (χ1) is 23.1. The van der Waals surface area contributed by atoms with Crippen LogP contribution in [0.3, 0.4) is 0 Å². The Morgan fingerprint density at radius 2 is 1.70 bits per heavy atom. The topological polar surface area (TPSA) is 113 Å². The molecule has 0 unspecified atom stereocenters. The van der Waals surface area contributed by atoms with Gasteiger partial charge in [-0.25, -0.2) is 0 Å². The Hall–Kier alpha value is -5.93. The Morgan fingerprint density at radius 3 is 2.47 bits per heavy atom. The van der Waals surface area contributed by atoms with Crippen LogP contribution >= 0.6 is 0 Å². The van der Waals surface area contributed by atoms with Crippen LogP contribution in [0, 0.1) is 0 Å². The molecule has 47 heavy (non-hydrogen) atoms. The molecule has 9 nitrogen and oxygen atoms in total. The summed E-state index contributed by atoms with van der Waals surface area (Å²) in [5.41, 5.74) is 14.1. The van der Waals surface area contributed by atoms with Gasteiger partial charge in [-0.05, 0) is 71.6 Å². The molecule has 0 bridgehead atoms. The van der Waals surface area contributed by atoms with E-state index in [0.717, 1.165) is 62.5 Å². The number of nitrogens with one attached hydrogen (secondary N) is 1. The van der Waals surface area contributed by atoms with Gasteiger partial charge >= 0.3 is 0 Å². The number of ether oxygens (including phenoxy) is 2. The van der Waals surface area contributed by atoms with Gasteiger partial charge in [0, 0.05) is 40.6 Å². The Morgan fingerprint density at radius 1 is 0.872 bits per heavy atom. The van der Waals surface area contributed by atoms with Crippen molar-refractivity contribution < 1.29 is 13.9 Å². The third-order valence-corrected chi connectivity index (χ3v) is 7.96. The highest BCUT2D eigenvalue weighted by Gasteiger charge is 2.17. The molecular formula is C38H34N6O3. The third-order valence-electron chi connectivity index (χ3n) is 7.96. The van der Waals surface area contributed by atoms with Gasteiger partial charge in [0.25, 0.3) is 0 Å². The van der Waals surface area contributed by atoms with Crippen molar-refractivity contribution in [2.45, 2.75) is 19.0 Å². The second-order valence-corrected chi connectivity index (χ2v) is 11.3. The molecule has 0 aliphatic rings. The molecule has 0 fully saturated rings. The first-order valence-corrected chi connectivity index (χ1v) is 15.4. The standard InChI is InChI=1S/C38H34N6O3/c1-45-32-10-7-27(8-11-32)23-44-36-12-9-28(20-35(36)38(43-44)42-31-13-16-40-17-14-31)34-21-33(22-41-37(34)29-15-18-46-24-29)47-25-30(39)19-26-5-3-2-4-6-26/h2-18,20-22,24,30H,19,23,25,39H2,1H3,(H,40,42,43)/t30-/m1/s1. The van der Waals surface area contributed by atoms with Crippen LogP contribution < -0.4 is 20.5 Å². The third kappa shape index (κ3) is 6.85. The van der Waals surface area contributed by atoms with Gasteiger partial charge in [0.2, 0.25) is 0 Å². The summed E-state index contributed by atoms with van der Waals surface area (Å²) in [4.78, 5) is 8.98. The van der Waals surface area contributed by atoms with Gasteiger partial charge in [0.05, 0.1) is 43.6 Å². The summed E-state index contributed by atoms with van der Waals surface area (Å²) in [6, 6.07) is 32.2. The van der Waals surface area contributed by atoms with E-state index in [1.54, 1.807) is 38.2 Å². The van der Waals surface area contributed by atoms with Crippen molar-refractivity contribution >= 4 is 22.4 Å². The number of anilines is 2. The Kier molecular flexibility index (Phi) is 8.61. The van der Waals surface area contributed by atoms with Crippen LogP contribution in [-0.4, -0.2) is 39.5 Å². The summed E-state index contributed by atoms with van der Waals surface area (Å²) >= 11 is 0. The number of hydrogen-bond acceptors (Lipinski definition) is 8. The van der Waals surface area contributed by atoms with Crippen LogP contribution in [0.25, 0.3) is 33.3 Å². The number of nitrogens with two attached hydrogens (primary N) is 1. The first kappa shape index (κ1) is 29.8. The zero-order chi connectivity index (χ0) is 32.0. The summed E-state index contributed by atoms with van der Waals surface area (Å²) in [6.07, 6.45) is 9.32. The molecule has 4 aromatic heterocycles. The molecule has 1 atom stereocenters. The molecule has 0 aliphatic carbocycles. The van der Waals surface area contributed by atoms with Gasteiger partial charge < -0.3 is 24.9 Å². The minimum Gasteiger partial charge on any atom is -0.497 e. The van der Waals surface area contributed by atoms with E-state index in [-0.39, 0.29) is 6.04 Å². The Labute approximate surface area is 272 Å². The Balaban J connectivity index is 1.25. The van der Waals surface area contributed by atoms with Gasteiger partial charge in [0.1, 0.15) is 18.1 Å².